The highest BCUT2D eigenvalue weighted by Gasteiger charge is 2.63. The molecule has 5 heterocycles. The van der Waals surface area contributed by atoms with E-state index >= 15 is 0 Å². The number of rotatable bonds is 4. The van der Waals surface area contributed by atoms with Crippen molar-refractivity contribution in [1.29, 1.82) is 5.26 Å². The molecule has 1 N–H and O–H groups in total. The van der Waals surface area contributed by atoms with E-state index in [4.69, 9.17) is 4.74 Å². The van der Waals surface area contributed by atoms with Gasteiger partial charge in [-0.05, 0) is 24.3 Å². The van der Waals surface area contributed by atoms with Crippen molar-refractivity contribution in [3.05, 3.63) is 40.5 Å². The Morgan fingerprint density at radius 2 is 2.37 bits per heavy atom. The van der Waals surface area contributed by atoms with Crippen molar-refractivity contribution < 1.29 is 9.53 Å². The Labute approximate surface area is 161 Å². The van der Waals surface area contributed by atoms with Crippen molar-refractivity contribution in [2.45, 2.75) is 24.5 Å². The van der Waals surface area contributed by atoms with E-state index in [-0.39, 0.29) is 23.5 Å². The molecule has 2 aromatic rings. The molecule has 7 nitrogen and oxygen atoms in total. The predicted molar refractivity (Wildman–Crippen MR) is 99.4 cm³/mol. The van der Waals surface area contributed by atoms with Gasteiger partial charge in [0.15, 0.2) is 11.5 Å². The second kappa shape index (κ2) is 6.29. The van der Waals surface area contributed by atoms with Crippen LogP contribution >= 0.6 is 11.3 Å². The maximum atomic E-state index is 12.3. The van der Waals surface area contributed by atoms with Crippen molar-refractivity contribution in [2.24, 2.45) is 11.8 Å². The van der Waals surface area contributed by atoms with Gasteiger partial charge >= 0.3 is 0 Å². The molecule has 3 aliphatic rings. The Morgan fingerprint density at radius 3 is 3.19 bits per heavy atom. The molecule has 1 amide bonds. The van der Waals surface area contributed by atoms with Crippen LogP contribution < -0.4 is 10.2 Å². The third-order valence-electron chi connectivity index (χ3n) is 6.11. The number of anilines is 1. The van der Waals surface area contributed by atoms with E-state index in [1.807, 2.05) is 17.5 Å². The third kappa shape index (κ3) is 2.61. The fraction of sp³-hybridized carbons (Fsp3) is 0.474. The normalized spacial score (nSPS) is 30.9. The number of carbonyl (C=O) groups is 1. The second-order valence-corrected chi connectivity index (χ2v) is 8.39. The van der Waals surface area contributed by atoms with Gasteiger partial charge in [0.05, 0.1) is 16.6 Å². The van der Waals surface area contributed by atoms with Gasteiger partial charge in [-0.1, -0.05) is 6.07 Å². The third-order valence-corrected chi connectivity index (χ3v) is 6.98. The first kappa shape index (κ1) is 16.7. The molecule has 2 aromatic heterocycles. The minimum absolute atomic E-state index is 0.0163. The van der Waals surface area contributed by atoms with Crippen molar-refractivity contribution in [2.75, 3.05) is 24.5 Å². The number of thiophene rings is 1. The van der Waals surface area contributed by atoms with Gasteiger partial charge in [0.2, 0.25) is 0 Å². The van der Waals surface area contributed by atoms with Gasteiger partial charge in [0, 0.05) is 43.9 Å². The number of amides is 1. The summed E-state index contributed by atoms with van der Waals surface area (Å²) in [5, 5.41) is 14.3. The van der Waals surface area contributed by atoms with Crippen LogP contribution in [0.5, 0.6) is 0 Å². The lowest BCUT2D eigenvalue weighted by atomic mass is 9.73. The zero-order valence-corrected chi connectivity index (χ0v) is 15.5. The molecular formula is C19H19N5O2S. The molecule has 0 saturated carbocycles. The summed E-state index contributed by atoms with van der Waals surface area (Å²) in [6.07, 6.45) is 5.42. The lowest BCUT2D eigenvalue weighted by molar-refractivity contribution is 0.0141. The minimum atomic E-state index is -0.187. The first-order valence-corrected chi connectivity index (χ1v) is 10.0. The summed E-state index contributed by atoms with van der Waals surface area (Å²) in [4.78, 5) is 23.7. The first-order chi connectivity index (χ1) is 13.2. The molecule has 0 unspecified atom stereocenters. The van der Waals surface area contributed by atoms with E-state index in [1.54, 1.807) is 12.4 Å². The highest BCUT2D eigenvalue weighted by Crippen LogP contribution is 2.55. The summed E-state index contributed by atoms with van der Waals surface area (Å²) in [6, 6.07) is 5.86. The Kier molecular flexibility index (Phi) is 3.88. The van der Waals surface area contributed by atoms with Crippen LogP contribution in [0.15, 0.2) is 29.9 Å². The van der Waals surface area contributed by atoms with E-state index in [1.165, 1.54) is 11.3 Å². The Morgan fingerprint density at radius 1 is 1.48 bits per heavy atom. The largest absolute Gasteiger partial charge is 0.369 e. The van der Waals surface area contributed by atoms with E-state index in [9.17, 15) is 10.1 Å². The number of aromatic nitrogens is 2. The highest BCUT2D eigenvalue weighted by atomic mass is 32.1. The standard InChI is InChI=1S/C19H19N5O2S/c20-8-14-17(22-6-5-21-14)24-10-13-12(15-3-4-19(13,11-24)26-15)9-23-18(25)16-2-1-7-27-16/h1-2,5-7,12-13,15H,3-4,9-11H2,(H,23,25)/t12-,13+,15+,19+/m0/s1. The summed E-state index contributed by atoms with van der Waals surface area (Å²) in [6.45, 7) is 2.13. The molecule has 0 radical (unpaired) electrons. The lowest BCUT2D eigenvalue weighted by Gasteiger charge is -2.29. The summed E-state index contributed by atoms with van der Waals surface area (Å²) >= 11 is 1.45. The van der Waals surface area contributed by atoms with Gasteiger partial charge in [0.1, 0.15) is 6.07 Å². The molecule has 1 spiro atoms. The smallest absolute Gasteiger partial charge is 0.261 e. The molecule has 3 fully saturated rings. The fourth-order valence-electron chi connectivity index (χ4n) is 4.97. The predicted octanol–water partition coefficient (Wildman–Crippen LogP) is 1.82. The molecule has 3 saturated heterocycles. The zero-order chi connectivity index (χ0) is 18.4. The van der Waals surface area contributed by atoms with Gasteiger partial charge in [-0.25, -0.2) is 9.97 Å². The van der Waals surface area contributed by atoms with Crippen LogP contribution in [-0.4, -0.2) is 47.2 Å². The molecule has 0 aliphatic carbocycles. The molecule has 27 heavy (non-hydrogen) atoms. The molecule has 2 bridgehead atoms. The molecule has 0 aromatic carbocycles. The maximum absolute atomic E-state index is 12.3. The molecule has 3 aliphatic heterocycles. The Bertz CT molecular complexity index is 911. The minimum Gasteiger partial charge on any atom is -0.369 e. The van der Waals surface area contributed by atoms with Crippen molar-refractivity contribution >= 4 is 23.1 Å². The van der Waals surface area contributed by atoms with Crippen LogP contribution in [0, 0.1) is 23.2 Å². The number of nitrogens with one attached hydrogen (secondary N) is 1. The van der Waals surface area contributed by atoms with Crippen molar-refractivity contribution in [3.63, 3.8) is 0 Å². The van der Waals surface area contributed by atoms with E-state index in [0.717, 1.165) is 30.8 Å². The van der Waals surface area contributed by atoms with E-state index in [2.05, 4.69) is 26.3 Å². The van der Waals surface area contributed by atoms with Gasteiger partial charge in [-0.3, -0.25) is 4.79 Å². The number of hydrogen-bond donors (Lipinski definition) is 1. The van der Waals surface area contributed by atoms with Crippen molar-refractivity contribution in [3.8, 4) is 6.07 Å². The first-order valence-electron chi connectivity index (χ1n) is 9.16. The maximum Gasteiger partial charge on any atom is 0.261 e. The van der Waals surface area contributed by atoms with Crippen LogP contribution in [0.4, 0.5) is 5.82 Å². The van der Waals surface area contributed by atoms with E-state index in [0.29, 0.717) is 24.0 Å². The van der Waals surface area contributed by atoms with Crippen LogP contribution in [-0.2, 0) is 4.74 Å². The molecule has 138 valence electrons. The summed E-state index contributed by atoms with van der Waals surface area (Å²) in [5.41, 5.74) is 0.165. The number of nitriles is 1. The topological polar surface area (TPSA) is 91.1 Å². The van der Waals surface area contributed by atoms with Crippen molar-refractivity contribution in [1.82, 2.24) is 15.3 Å². The number of carbonyl (C=O) groups excluding carboxylic acids is 1. The van der Waals surface area contributed by atoms with E-state index < -0.39 is 0 Å². The molecule has 5 rings (SSSR count). The van der Waals surface area contributed by atoms with Crippen LogP contribution in [0.1, 0.15) is 28.2 Å². The lowest BCUT2D eigenvalue weighted by Crippen LogP contribution is -2.41. The summed E-state index contributed by atoms with van der Waals surface area (Å²) in [5.74, 6) is 1.23. The highest BCUT2D eigenvalue weighted by molar-refractivity contribution is 7.12. The summed E-state index contributed by atoms with van der Waals surface area (Å²) < 4.78 is 6.42. The fourth-order valence-corrected chi connectivity index (χ4v) is 5.61. The van der Waals surface area contributed by atoms with Crippen LogP contribution in [0.2, 0.25) is 0 Å². The molecular weight excluding hydrogens is 362 g/mol. The molecule has 8 heteroatoms. The van der Waals surface area contributed by atoms with Gasteiger partial charge < -0.3 is 15.0 Å². The SMILES string of the molecule is N#Cc1nccnc1N1C[C@@H]2[C@H](CNC(=O)c3cccs3)[C@H]3CC[C@]2(C1)O3. The average Bonchev–Trinajstić information content (AvgIpc) is 3.46. The summed E-state index contributed by atoms with van der Waals surface area (Å²) in [7, 11) is 0. The number of hydrogen-bond acceptors (Lipinski definition) is 7. The number of ether oxygens (including phenoxy) is 1. The average molecular weight is 381 g/mol. The van der Waals surface area contributed by atoms with Gasteiger partial charge in [0.25, 0.3) is 5.91 Å². The Balaban J connectivity index is 1.33. The molecule has 4 atom stereocenters. The number of fused-ring (bicyclic) bond motifs is 1. The van der Waals surface area contributed by atoms with Gasteiger partial charge in [-0.2, -0.15) is 5.26 Å². The Hall–Kier alpha value is -2.50. The van der Waals surface area contributed by atoms with Crippen LogP contribution in [0.3, 0.4) is 0 Å². The van der Waals surface area contributed by atoms with Crippen LogP contribution in [0.25, 0.3) is 0 Å². The quantitative estimate of drug-likeness (QED) is 0.869. The second-order valence-electron chi connectivity index (χ2n) is 7.44. The number of nitrogens with zero attached hydrogens (tertiary/aromatic N) is 4. The zero-order valence-electron chi connectivity index (χ0n) is 14.7. The monoisotopic (exact) mass is 381 g/mol. The van der Waals surface area contributed by atoms with Gasteiger partial charge in [-0.15, -0.1) is 11.3 Å².